The van der Waals surface area contributed by atoms with E-state index in [1.54, 1.807) is 26.6 Å². The van der Waals surface area contributed by atoms with Crippen LogP contribution in [0.2, 0.25) is 0 Å². The average Bonchev–Trinajstić information content (AvgIpc) is 3.23. The molecule has 168 valence electrons. The Morgan fingerprint density at radius 3 is 2.45 bits per heavy atom. The Balaban J connectivity index is 1.74. The fraction of sp³-hybridized carbons (Fsp3) is 0.179. The molecule has 0 radical (unpaired) electrons. The summed E-state index contributed by atoms with van der Waals surface area (Å²) in [5.74, 6) is 1.20. The summed E-state index contributed by atoms with van der Waals surface area (Å²) in [6, 6.07) is 17.5. The molecule has 33 heavy (non-hydrogen) atoms. The number of amides is 1. The maximum absolute atomic E-state index is 12.8. The normalized spacial score (nSPS) is 11.5. The number of anilines is 1. The first-order valence-electron chi connectivity index (χ1n) is 10.7. The van der Waals surface area contributed by atoms with E-state index in [2.05, 4.69) is 5.32 Å². The van der Waals surface area contributed by atoms with E-state index in [0.717, 1.165) is 50.2 Å². The van der Waals surface area contributed by atoms with Gasteiger partial charge in [0.1, 0.15) is 17.1 Å². The lowest BCUT2D eigenvalue weighted by Gasteiger charge is -2.12. The maximum atomic E-state index is 12.8. The number of carbonyl (C=O) groups excluding carboxylic acids is 1. The van der Waals surface area contributed by atoms with Gasteiger partial charge in [0, 0.05) is 39.9 Å². The molecule has 0 fully saturated rings. The van der Waals surface area contributed by atoms with Crippen LogP contribution in [0.15, 0.2) is 71.4 Å². The number of methoxy groups -OCH3 is 2. The number of ether oxygens (including phenoxy) is 2. The predicted molar refractivity (Wildman–Crippen MR) is 133 cm³/mol. The molecule has 4 rings (SSSR count). The number of fused-ring (bicyclic) bond motifs is 1. The molecule has 1 amide bonds. The minimum Gasteiger partial charge on any atom is -0.496 e. The number of nitrogens with one attached hydrogen (secondary N) is 1. The van der Waals surface area contributed by atoms with Crippen LogP contribution in [0, 0.1) is 13.8 Å². The van der Waals surface area contributed by atoms with Gasteiger partial charge in [0.15, 0.2) is 0 Å². The first kappa shape index (κ1) is 22.2. The van der Waals surface area contributed by atoms with E-state index in [1.165, 1.54) is 0 Å². The van der Waals surface area contributed by atoms with Crippen LogP contribution in [0.4, 0.5) is 5.69 Å². The third-order valence-corrected chi connectivity index (χ3v) is 5.93. The Kier molecular flexibility index (Phi) is 6.22. The van der Waals surface area contributed by atoms with Gasteiger partial charge in [0.05, 0.1) is 20.5 Å². The van der Waals surface area contributed by atoms with E-state index in [-0.39, 0.29) is 5.91 Å². The van der Waals surface area contributed by atoms with Gasteiger partial charge in [0.2, 0.25) is 5.91 Å². The summed E-state index contributed by atoms with van der Waals surface area (Å²) in [6.07, 6.45) is 3.31. The number of para-hydroxylation sites is 1. The molecular formula is C28H27NO4. The van der Waals surface area contributed by atoms with Gasteiger partial charge in [-0.2, -0.15) is 0 Å². The van der Waals surface area contributed by atoms with Crippen molar-refractivity contribution in [2.24, 2.45) is 0 Å². The molecule has 1 N–H and O–H groups in total. The summed E-state index contributed by atoms with van der Waals surface area (Å²) in [5.41, 5.74) is 7.13. The number of hydrogen-bond donors (Lipinski definition) is 1. The Bertz CT molecular complexity index is 1360. The van der Waals surface area contributed by atoms with Crippen molar-refractivity contribution in [3.63, 3.8) is 0 Å². The Morgan fingerprint density at radius 1 is 0.939 bits per heavy atom. The highest BCUT2D eigenvalue weighted by Crippen LogP contribution is 2.40. The highest BCUT2D eigenvalue weighted by atomic mass is 16.5. The van der Waals surface area contributed by atoms with Crippen molar-refractivity contribution in [3.8, 4) is 22.6 Å². The first-order valence-corrected chi connectivity index (χ1v) is 10.7. The molecule has 0 unspecified atom stereocenters. The highest BCUT2D eigenvalue weighted by Gasteiger charge is 2.17. The van der Waals surface area contributed by atoms with Crippen molar-refractivity contribution >= 4 is 28.1 Å². The number of furan rings is 1. The number of aryl methyl sites for hydroxylation is 1. The quantitative estimate of drug-likeness (QED) is 0.335. The van der Waals surface area contributed by atoms with Gasteiger partial charge in [0.25, 0.3) is 0 Å². The first-order chi connectivity index (χ1) is 15.9. The molecule has 0 aliphatic carbocycles. The van der Waals surface area contributed by atoms with E-state index in [0.29, 0.717) is 11.3 Å². The number of carbonyl (C=O) groups is 1. The lowest BCUT2D eigenvalue weighted by atomic mass is 9.98. The molecule has 1 aromatic heterocycles. The predicted octanol–water partition coefficient (Wildman–Crippen LogP) is 6.78. The van der Waals surface area contributed by atoms with Crippen LogP contribution in [-0.2, 0) is 4.79 Å². The Labute approximate surface area is 193 Å². The van der Waals surface area contributed by atoms with Crippen LogP contribution >= 0.6 is 0 Å². The van der Waals surface area contributed by atoms with Crippen molar-refractivity contribution in [3.05, 3.63) is 83.6 Å². The molecule has 1 heterocycles. The molecule has 0 spiro atoms. The van der Waals surface area contributed by atoms with Crippen molar-refractivity contribution in [2.75, 3.05) is 19.5 Å². The molecule has 0 saturated carbocycles. The summed E-state index contributed by atoms with van der Waals surface area (Å²) in [6.45, 7) is 5.92. The van der Waals surface area contributed by atoms with Crippen LogP contribution in [0.5, 0.6) is 11.5 Å². The second kappa shape index (κ2) is 9.25. The zero-order valence-corrected chi connectivity index (χ0v) is 19.5. The van der Waals surface area contributed by atoms with E-state index in [9.17, 15) is 4.79 Å². The second-order valence-corrected chi connectivity index (χ2v) is 7.96. The van der Waals surface area contributed by atoms with Crippen molar-refractivity contribution in [2.45, 2.75) is 20.8 Å². The molecule has 0 bridgehead atoms. The molecule has 0 aliphatic heterocycles. The van der Waals surface area contributed by atoms with Crippen LogP contribution in [-0.4, -0.2) is 20.1 Å². The standard InChI is InChI=1S/C28H27NO4/c1-17-9-8-11-24(19(17)3)29-28(30)13-18(2)21-14-22-23(16-33-27(22)15-26(21)32-5)20-10-6-7-12-25(20)31-4/h6-16H,1-5H3,(H,29,30)/b18-13+. The van der Waals surface area contributed by atoms with Gasteiger partial charge < -0.3 is 19.2 Å². The minimum atomic E-state index is -0.194. The molecule has 0 atom stereocenters. The topological polar surface area (TPSA) is 60.7 Å². The largest absolute Gasteiger partial charge is 0.496 e. The Morgan fingerprint density at radius 2 is 1.70 bits per heavy atom. The summed E-state index contributed by atoms with van der Waals surface area (Å²) in [5, 5.41) is 3.90. The highest BCUT2D eigenvalue weighted by molar-refractivity contribution is 6.06. The van der Waals surface area contributed by atoms with Crippen LogP contribution in [0.25, 0.3) is 27.7 Å². The summed E-state index contributed by atoms with van der Waals surface area (Å²) >= 11 is 0. The van der Waals surface area contributed by atoms with Crippen molar-refractivity contribution in [1.82, 2.24) is 0 Å². The monoisotopic (exact) mass is 441 g/mol. The van der Waals surface area contributed by atoms with Gasteiger partial charge in [-0.15, -0.1) is 0 Å². The molecular weight excluding hydrogens is 414 g/mol. The third-order valence-electron chi connectivity index (χ3n) is 5.93. The molecule has 0 saturated heterocycles. The van der Waals surface area contributed by atoms with E-state index >= 15 is 0 Å². The fourth-order valence-electron chi connectivity index (χ4n) is 3.94. The second-order valence-electron chi connectivity index (χ2n) is 7.96. The van der Waals surface area contributed by atoms with Crippen molar-refractivity contribution < 1.29 is 18.7 Å². The maximum Gasteiger partial charge on any atom is 0.248 e. The van der Waals surface area contributed by atoms with Crippen LogP contribution < -0.4 is 14.8 Å². The number of benzene rings is 3. The van der Waals surface area contributed by atoms with Crippen LogP contribution in [0.3, 0.4) is 0 Å². The molecule has 0 aliphatic rings. The lowest BCUT2D eigenvalue weighted by Crippen LogP contribution is -2.10. The SMILES string of the molecule is COc1cc2occ(-c3ccccc3OC)c2cc1/C(C)=C/C(=O)Nc1cccc(C)c1C. The van der Waals surface area contributed by atoms with E-state index in [1.807, 2.05) is 75.4 Å². The fourth-order valence-corrected chi connectivity index (χ4v) is 3.94. The average molecular weight is 442 g/mol. The third kappa shape index (κ3) is 4.35. The molecule has 3 aromatic carbocycles. The zero-order chi connectivity index (χ0) is 23.5. The summed E-state index contributed by atoms with van der Waals surface area (Å²) < 4.78 is 17.0. The molecule has 5 heteroatoms. The lowest BCUT2D eigenvalue weighted by molar-refractivity contribution is -0.111. The van der Waals surface area contributed by atoms with Gasteiger partial charge >= 0.3 is 0 Å². The van der Waals surface area contributed by atoms with E-state index in [4.69, 9.17) is 13.9 Å². The molecule has 5 nitrogen and oxygen atoms in total. The van der Waals surface area contributed by atoms with Crippen LogP contribution in [0.1, 0.15) is 23.6 Å². The number of hydrogen-bond acceptors (Lipinski definition) is 4. The molecule has 4 aromatic rings. The van der Waals surface area contributed by atoms with Crippen molar-refractivity contribution in [1.29, 1.82) is 0 Å². The minimum absolute atomic E-state index is 0.194. The number of allylic oxidation sites excluding steroid dienone is 1. The smallest absolute Gasteiger partial charge is 0.248 e. The van der Waals surface area contributed by atoms with Gasteiger partial charge in [-0.3, -0.25) is 4.79 Å². The van der Waals surface area contributed by atoms with Gasteiger partial charge in [-0.1, -0.05) is 30.3 Å². The summed E-state index contributed by atoms with van der Waals surface area (Å²) in [7, 11) is 3.26. The van der Waals surface area contributed by atoms with E-state index < -0.39 is 0 Å². The number of rotatable bonds is 6. The van der Waals surface area contributed by atoms with Gasteiger partial charge in [-0.05, 0) is 55.7 Å². The Hall–Kier alpha value is -3.99. The zero-order valence-electron chi connectivity index (χ0n) is 19.5. The van der Waals surface area contributed by atoms with Gasteiger partial charge in [-0.25, -0.2) is 0 Å². The summed E-state index contributed by atoms with van der Waals surface area (Å²) in [4.78, 5) is 12.8.